The SMILES string of the molecule is CCOC(=O)CC1(c2ccc(-n3c(=O)n(C)c4cnc5ccc(-c6cnc(N)c(C(F)(F)F)c6)cc5c43)cc2)CN(C(=O)O)C1. The first-order valence-electron chi connectivity index (χ1n) is 13.9. The summed E-state index contributed by atoms with van der Waals surface area (Å²) in [5.74, 6) is -1.07. The Balaban J connectivity index is 1.46. The smallest absolute Gasteiger partial charge is 0.419 e. The van der Waals surface area contributed by atoms with Crippen LogP contribution in [0.5, 0.6) is 0 Å². The minimum absolute atomic E-state index is 0.00663. The van der Waals surface area contributed by atoms with Crippen LogP contribution in [0.2, 0.25) is 0 Å². The van der Waals surface area contributed by atoms with Gasteiger partial charge in [0, 0.05) is 42.7 Å². The number of pyridine rings is 2. The first-order valence-corrected chi connectivity index (χ1v) is 13.9. The van der Waals surface area contributed by atoms with Crippen molar-refractivity contribution in [2.24, 2.45) is 7.05 Å². The predicted molar refractivity (Wildman–Crippen MR) is 159 cm³/mol. The molecule has 0 saturated carbocycles. The Hall–Kier alpha value is -5.40. The molecule has 1 aliphatic rings. The average molecular weight is 621 g/mol. The number of esters is 1. The number of halogens is 3. The molecule has 0 aliphatic carbocycles. The molecule has 1 fully saturated rings. The van der Waals surface area contributed by atoms with Crippen molar-refractivity contribution in [1.82, 2.24) is 24.0 Å². The summed E-state index contributed by atoms with van der Waals surface area (Å²) in [6, 6.07) is 12.8. The lowest BCUT2D eigenvalue weighted by Crippen LogP contribution is -2.61. The second-order valence-corrected chi connectivity index (χ2v) is 11.0. The van der Waals surface area contributed by atoms with E-state index < -0.39 is 35.0 Å². The zero-order chi connectivity index (χ0) is 32.3. The van der Waals surface area contributed by atoms with E-state index in [9.17, 15) is 32.7 Å². The molecule has 3 aromatic heterocycles. The number of carboxylic acid groups (broad SMARTS) is 1. The molecule has 45 heavy (non-hydrogen) atoms. The number of hydrogen-bond acceptors (Lipinski definition) is 7. The lowest BCUT2D eigenvalue weighted by molar-refractivity contribution is -0.146. The highest BCUT2D eigenvalue weighted by Gasteiger charge is 2.48. The van der Waals surface area contributed by atoms with Gasteiger partial charge in [0.1, 0.15) is 5.82 Å². The second-order valence-electron chi connectivity index (χ2n) is 11.0. The van der Waals surface area contributed by atoms with Crippen molar-refractivity contribution in [2.45, 2.75) is 24.9 Å². The standard InChI is InChI=1S/C31H27F3N6O5/c1-3-45-25(41)12-30(15-39(16-30)29(43)44)19-5-7-20(8-6-19)40-26-21-10-17(18-11-22(31(32,33)34)27(35)37-13-18)4-9-23(21)36-14-24(26)38(2)28(40)42/h4-11,13-14H,3,12,15-16H2,1-2H3,(H2,35,37)(H,43,44). The van der Waals surface area contributed by atoms with E-state index in [2.05, 4.69) is 9.97 Å². The molecule has 3 N–H and O–H groups in total. The fourth-order valence-corrected chi connectivity index (χ4v) is 5.95. The van der Waals surface area contributed by atoms with Gasteiger partial charge in [-0.2, -0.15) is 13.2 Å². The summed E-state index contributed by atoms with van der Waals surface area (Å²) in [6.07, 6.45) is -2.97. The molecular weight excluding hydrogens is 593 g/mol. The van der Waals surface area contributed by atoms with E-state index in [0.717, 1.165) is 11.6 Å². The molecule has 232 valence electrons. The third-order valence-corrected chi connectivity index (χ3v) is 8.22. The molecule has 2 aromatic carbocycles. The number of hydrogen-bond donors (Lipinski definition) is 2. The zero-order valence-corrected chi connectivity index (χ0v) is 24.1. The van der Waals surface area contributed by atoms with Crippen LogP contribution in [0.15, 0.2) is 65.7 Å². The van der Waals surface area contributed by atoms with Gasteiger partial charge in [0.05, 0.1) is 47.0 Å². The van der Waals surface area contributed by atoms with Crippen LogP contribution in [-0.2, 0) is 28.2 Å². The summed E-state index contributed by atoms with van der Waals surface area (Å²) in [4.78, 5) is 46.9. The molecule has 0 bridgehead atoms. The van der Waals surface area contributed by atoms with E-state index in [4.69, 9.17) is 10.5 Å². The van der Waals surface area contributed by atoms with Gasteiger partial charge in [-0.15, -0.1) is 0 Å². The normalized spacial score (nSPS) is 14.5. The highest BCUT2D eigenvalue weighted by molar-refractivity contribution is 6.04. The van der Waals surface area contributed by atoms with Crippen LogP contribution >= 0.6 is 0 Å². The quantitative estimate of drug-likeness (QED) is 0.259. The highest BCUT2D eigenvalue weighted by atomic mass is 19.4. The molecule has 0 radical (unpaired) electrons. The van der Waals surface area contributed by atoms with Gasteiger partial charge in [0.2, 0.25) is 0 Å². The van der Waals surface area contributed by atoms with Crippen molar-refractivity contribution in [2.75, 3.05) is 25.4 Å². The van der Waals surface area contributed by atoms with Gasteiger partial charge < -0.3 is 20.5 Å². The van der Waals surface area contributed by atoms with Gasteiger partial charge in [-0.1, -0.05) is 18.2 Å². The number of carbonyl (C=O) groups excluding carboxylic acids is 1. The first-order chi connectivity index (χ1) is 21.3. The molecular formula is C31H27F3N6O5. The summed E-state index contributed by atoms with van der Waals surface area (Å²) < 4.78 is 48.7. The maximum Gasteiger partial charge on any atom is 0.419 e. The number of carbonyl (C=O) groups is 2. The van der Waals surface area contributed by atoms with Crippen molar-refractivity contribution >= 4 is 39.8 Å². The van der Waals surface area contributed by atoms with E-state index >= 15 is 0 Å². The van der Waals surface area contributed by atoms with Crippen LogP contribution in [0.25, 0.3) is 38.8 Å². The van der Waals surface area contributed by atoms with Crippen LogP contribution in [0, 0.1) is 0 Å². The Bertz CT molecular complexity index is 2050. The number of ether oxygens (including phenoxy) is 1. The van der Waals surface area contributed by atoms with E-state index in [1.54, 1.807) is 62.6 Å². The highest BCUT2D eigenvalue weighted by Crippen LogP contribution is 2.39. The van der Waals surface area contributed by atoms with Crippen LogP contribution in [0.3, 0.4) is 0 Å². The third kappa shape index (κ3) is 5.01. The van der Waals surface area contributed by atoms with E-state index in [0.29, 0.717) is 33.2 Å². The summed E-state index contributed by atoms with van der Waals surface area (Å²) in [5.41, 5.74) is 6.60. The number of likely N-dealkylation sites (tertiary alicyclic amines) is 1. The van der Waals surface area contributed by atoms with Gasteiger partial charge >= 0.3 is 23.9 Å². The third-order valence-electron chi connectivity index (χ3n) is 8.22. The van der Waals surface area contributed by atoms with E-state index in [1.807, 2.05) is 0 Å². The number of aromatic nitrogens is 4. The molecule has 11 nitrogen and oxygen atoms in total. The van der Waals surface area contributed by atoms with E-state index in [1.165, 1.54) is 20.2 Å². The van der Waals surface area contributed by atoms with Crippen LogP contribution < -0.4 is 11.4 Å². The fraction of sp³-hybridized carbons (Fsp3) is 0.258. The number of fused-ring (bicyclic) bond motifs is 3. The maximum atomic E-state index is 13.6. The molecule has 14 heteroatoms. The Kier molecular flexibility index (Phi) is 7.02. The Morgan fingerprint density at radius 1 is 1.04 bits per heavy atom. The number of nitrogens with zero attached hydrogens (tertiary/aromatic N) is 5. The number of imidazole rings is 1. The largest absolute Gasteiger partial charge is 0.466 e. The van der Waals surface area contributed by atoms with Crippen LogP contribution in [-0.4, -0.2) is 60.9 Å². The minimum Gasteiger partial charge on any atom is -0.466 e. The van der Waals surface area contributed by atoms with Gasteiger partial charge in [0.25, 0.3) is 0 Å². The van der Waals surface area contributed by atoms with Crippen LogP contribution in [0.4, 0.5) is 23.8 Å². The topological polar surface area (TPSA) is 146 Å². The number of rotatable bonds is 6. The predicted octanol–water partition coefficient (Wildman–Crippen LogP) is 4.73. The summed E-state index contributed by atoms with van der Waals surface area (Å²) >= 11 is 0. The summed E-state index contributed by atoms with van der Waals surface area (Å²) in [5, 5.41) is 9.94. The molecule has 0 spiro atoms. The number of aryl methyl sites for hydroxylation is 1. The maximum absolute atomic E-state index is 13.6. The van der Waals surface area contributed by atoms with Crippen molar-refractivity contribution in [3.8, 4) is 16.8 Å². The Labute approximate surface area is 253 Å². The molecule has 6 rings (SSSR count). The molecule has 0 unspecified atom stereocenters. The summed E-state index contributed by atoms with van der Waals surface area (Å²) in [7, 11) is 1.59. The van der Waals surface area contributed by atoms with Gasteiger partial charge in [-0.05, 0) is 48.4 Å². The second kappa shape index (κ2) is 10.6. The molecule has 1 aliphatic heterocycles. The Morgan fingerprint density at radius 3 is 2.40 bits per heavy atom. The van der Waals surface area contributed by atoms with Gasteiger partial charge in [0.15, 0.2) is 0 Å². The number of nitrogen functional groups attached to an aromatic ring is 1. The number of amides is 1. The lowest BCUT2D eigenvalue weighted by Gasteiger charge is -2.48. The number of alkyl halides is 3. The van der Waals surface area contributed by atoms with Crippen LogP contribution in [0.1, 0.15) is 24.5 Å². The van der Waals surface area contributed by atoms with E-state index in [-0.39, 0.29) is 37.4 Å². The molecule has 5 aromatic rings. The first kappa shape index (κ1) is 29.7. The Morgan fingerprint density at radius 2 is 1.76 bits per heavy atom. The number of benzene rings is 2. The number of anilines is 1. The molecule has 1 amide bonds. The zero-order valence-electron chi connectivity index (χ0n) is 24.1. The van der Waals surface area contributed by atoms with Gasteiger partial charge in [-0.25, -0.2) is 14.6 Å². The monoisotopic (exact) mass is 620 g/mol. The van der Waals surface area contributed by atoms with Gasteiger partial charge in [-0.3, -0.25) is 18.9 Å². The minimum atomic E-state index is -4.69. The number of nitrogens with two attached hydrogens (primary N) is 1. The molecule has 4 heterocycles. The van der Waals surface area contributed by atoms with Crippen molar-refractivity contribution in [3.05, 3.63) is 82.5 Å². The molecule has 1 saturated heterocycles. The summed E-state index contributed by atoms with van der Waals surface area (Å²) in [6.45, 7) is 2.12. The van der Waals surface area contributed by atoms with Crippen molar-refractivity contribution < 1.29 is 32.6 Å². The molecule has 0 atom stereocenters. The fourth-order valence-electron chi connectivity index (χ4n) is 5.95. The lowest BCUT2D eigenvalue weighted by atomic mass is 9.71. The van der Waals surface area contributed by atoms with Crippen molar-refractivity contribution in [1.29, 1.82) is 0 Å². The van der Waals surface area contributed by atoms with Crippen molar-refractivity contribution in [3.63, 3.8) is 0 Å². The average Bonchev–Trinajstić information content (AvgIpc) is 3.24.